The molecule has 4 nitrogen and oxygen atoms in total. The monoisotopic (exact) mass is 307 g/mol. The summed E-state index contributed by atoms with van der Waals surface area (Å²) in [5.74, 6) is -0.0128. The lowest BCUT2D eigenvalue weighted by Crippen LogP contribution is -2.17. The largest absolute Gasteiger partial charge is 0.385 e. The first-order valence-corrected chi connectivity index (χ1v) is 7.61. The fourth-order valence-corrected chi connectivity index (χ4v) is 2.56. The Labute approximate surface area is 137 Å². The molecule has 0 radical (unpaired) electrons. The minimum atomic E-state index is -0.0128. The first-order valence-electron chi connectivity index (χ1n) is 7.61. The lowest BCUT2D eigenvalue weighted by molar-refractivity contribution is -0.115. The fourth-order valence-electron chi connectivity index (χ4n) is 2.56. The zero-order chi connectivity index (χ0) is 16.8. The van der Waals surface area contributed by atoms with Crippen molar-refractivity contribution in [1.82, 2.24) is 0 Å². The molecule has 2 aromatic carbocycles. The van der Waals surface area contributed by atoms with E-state index < -0.39 is 0 Å². The second-order valence-electron chi connectivity index (χ2n) is 5.69. The van der Waals surface area contributed by atoms with Gasteiger partial charge >= 0.3 is 0 Å². The number of nitrogens with one attached hydrogen (secondary N) is 2. The van der Waals surface area contributed by atoms with Crippen molar-refractivity contribution >= 4 is 17.3 Å². The number of carbonyl (C=O) groups excluding carboxylic acids is 1. The average Bonchev–Trinajstić information content (AvgIpc) is 2.51. The van der Waals surface area contributed by atoms with Gasteiger partial charge in [0.25, 0.3) is 0 Å². The highest BCUT2D eigenvalue weighted by Gasteiger charge is 2.08. The molecule has 0 aliphatic heterocycles. The number of nitrogens with zero attached hydrogens (tertiary/aromatic N) is 1. The Balaban J connectivity index is 1.87. The summed E-state index contributed by atoms with van der Waals surface area (Å²) in [6.07, 6.45) is 0.382. The first-order chi connectivity index (χ1) is 11.0. The molecule has 2 N–H and O–H groups in total. The van der Waals surface area contributed by atoms with Crippen LogP contribution in [-0.2, 0) is 4.79 Å². The van der Waals surface area contributed by atoms with Crippen molar-refractivity contribution in [3.8, 4) is 6.07 Å². The molecule has 23 heavy (non-hydrogen) atoms. The Morgan fingerprint density at radius 2 is 1.70 bits per heavy atom. The van der Waals surface area contributed by atoms with Gasteiger partial charge in [0.1, 0.15) is 0 Å². The number of anilines is 2. The molecule has 0 aromatic heterocycles. The quantitative estimate of drug-likeness (QED) is 0.879. The van der Waals surface area contributed by atoms with Crippen LogP contribution in [-0.4, -0.2) is 12.5 Å². The van der Waals surface area contributed by atoms with Crippen LogP contribution in [0.1, 0.15) is 28.7 Å². The summed E-state index contributed by atoms with van der Waals surface area (Å²) in [7, 11) is 0. The molecule has 0 bridgehead atoms. The third kappa shape index (κ3) is 4.58. The summed E-state index contributed by atoms with van der Waals surface area (Å²) in [4.78, 5) is 12.1. The van der Waals surface area contributed by atoms with Gasteiger partial charge in [0.2, 0.25) is 5.91 Å². The van der Waals surface area contributed by atoms with Crippen LogP contribution in [0.15, 0.2) is 36.4 Å². The molecule has 0 heterocycles. The number of amides is 1. The van der Waals surface area contributed by atoms with Gasteiger partial charge in [-0.1, -0.05) is 17.7 Å². The molecule has 2 rings (SSSR count). The molecule has 1 amide bonds. The Morgan fingerprint density at radius 1 is 1.09 bits per heavy atom. The van der Waals surface area contributed by atoms with Crippen molar-refractivity contribution in [2.45, 2.75) is 27.2 Å². The van der Waals surface area contributed by atoms with E-state index in [-0.39, 0.29) is 5.91 Å². The number of aryl methyl sites for hydroxylation is 3. The van der Waals surface area contributed by atoms with E-state index in [0.717, 1.165) is 22.5 Å². The lowest BCUT2D eigenvalue weighted by atomic mass is 10.1. The lowest BCUT2D eigenvalue weighted by Gasteiger charge is -2.13. The van der Waals surface area contributed by atoms with Crippen LogP contribution in [0.2, 0.25) is 0 Å². The Morgan fingerprint density at radius 3 is 2.26 bits per heavy atom. The molecule has 0 fully saturated rings. The first kappa shape index (κ1) is 16.6. The Bertz CT molecular complexity index is 719. The summed E-state index contributed by atoms with van der Waals surface area (Å²) in [5.41, 5.74) is 5.78. The highest BCUT2D eigenvalue weighted by atomic mass is 16.1. The number of rotatable bonds is 5. The number of benzene rings is 2. The van der Waals surface area contributed by atoms with E-state index in [2.05, 4.69) is 28.8 Å². The van der Waals surface area contributed by atoms with Gasteiger partial charge in [-0.3, -0.25) is 4.79 Å². The molecular weight excluding hydrogens is 286 g/mol. The number of hydrogen-bond donors (Lipinski definition) is 2. The van der Waals surface area contributed by atoms with Crippen LogP contribution in [0.3, 0.4) is 0 Å². The van der Waals surface area contributed by atoms with Crippen molar-refractivity contribution in [2.24, 2.45) is 0 Å². The molecule has 2 aromatic rings. The second kappa shape index (κ2) is 7.46. The van der Waals surface area contributed by atoms with Gasteiger partial charge in [-0.25, -0.2) is 0 Å². The van der Waals surface area contributed by atoms with Crippen LogP contribution in [0.4, 0.5) is 11.4 Å². The third-order valence-corrected chi connectivity index (χ3v) is 3.64. The minimum Gasteiger partial charge on any atom is -0.385 e. The van der Waals surface area contributed by atoms with E-state index in [0.29, 0.717) is 18.5 Å². The summed E-state index contributed by atoms with van der Waals surface area (Å²) in [5, 5.41) is 14.9. The Kier molecular flexibility index (Phi) is 5.37. The van der Waals surface area contributed by atoms with Gasteiger partial charge in [-0.2, -0.15) is 5.26 Å². The van der Waals surface area contributed by atoms with Gasteiger partial charge in [0.05, 0.1) is 11.6 Å². The van der Waals surface area contributed by atoms with E-state index in [4.69, 9.17) is 5.26 Å². The molecule has 4 heteroatoms. The molecule has 0 spiro atoms. The summed E-state index contributed by atoms with van der Waals surface area (Å²) >= 11 is 0. The molecule has 118 valence electrons. The van der Waals surface area contributed by atoms with Crippen molar-refractivity contribution in [3.63, 3.8) is 0 Å². The molecule has 0 saturated heterocycles. The summed E-state index contributed by atoms with van der Waals surface area (Å²) < 4.78 is 0. The van der Waals surface area contributed by atoms with E-state index in [1.165, 1.54) is 5.56 Å². The van der Waals surface area contributed by atoms with E-state index in [9.17, 15) is 4.79 Å². The molecule has 0 atom stereocenters. The zero-order valence-corrected chi connectivity index (χ0v) is 13.7. The normalized spacial score (nSPS) is 10.0. The maximum Gasteiger partial charge on any atom is 0.226 e. The summed E-state index contributed by atoms with van der Waals surface area (Å²) in [6, 6.07) is 13.4. The van der Waals surface area contributed by atoms with Gasteiger partial charge in [-0.05, 0) is 56.2 Å². The van der Waals surface area contributed by atoms with Crippen LogP contribution in [0.25, 0.3) is 0 Å². The van der Waals surface area contributed by atoms with Crippen LogP contribution in [0.5, 0.6) is 0 Å². The van der Waals surface area contributed by atoms with Crippen LogP contribution >= 0.6 is 0 Å². The zero-order valence-electron chi connectivity index (χ0n) is 13.7. The van der Waals surface area contributed by atoms with Crippen molar-refractivity contribution in [1.29, 1.82) is 5.26 Å². The SMILES string of the molecule is Cc1cc(C)c(NC(=O)CCNc2ccc(C#N)cc2)c(C)c1. The molecule has 0 aliphatic rings. The van der Waals surface area contributed by atoms with Gasteiger partial charge in [0, 0.05) is 24.3 Å². The smallest absolute Gasteiger partial charge is 0.226 e. The second-order valence-corrected chi connectivity index (χ2v) is 5.69. The van der Waals surface area contributed by atoms with Crippen LogP contribution in [0, 0.1) is 32.1 Å². The maximum absolute atomic E-state index is 12.1. The van der Waals surface area contributed by atoms with E-state index in [1.54, 1.807) is 12.1 Å². The van der Waals surface area contributed by atoms with Gasteiger partial charge < -0.3 is 10.6 Å². The molecule has 0 aliphatic carbocycles. The van der Waals surface area contributed by atoms with Crippen LogP contribution < -0.4 is 10.6 Å². The summed E-state index contributed by atoms with van der Waals surface area (Å²) in [6.45, 7) is 6.60. The molecular formula is C19H21N3O. The molecule has 0 unspecified atom stereocenters. The highest BCUT2D eigenvalue weighted by molar-refractivity contribution is 5.92. The standard InChI is InChI=1S/C19H21N3O/c1-13-10-14(2)19(15(3)11-13)22-18(23)8-9-21-17-6-4-16(12-20)5-7-17/h4-7,10-11,21H,8-9H2,1-3H3,(H,22,23). The number of carbonyl (C=O) groups is 1. The Hall–Kier alpha value is -2.80. The minimum absolute atomic E-state index is 0.0128. The third-order valence-electron chi connectivity index (χ3n) is 3.64. The molecule has 0 saturated carbocycles. The topological polar surface area (TPSA) is 64.9 Å². The number of hydrogen-bond acceptors (Lipinski definition) is 3. The van der Waals surface area contributed by atoms with E-state index in [1.807, 2.05) is 32.9 Å². The van der Waals surface area contributed by atoms with E-state index >= 15 is 0 Å². The van der Waals surface area contributed by atoms with Crippen molar-refractivity contribution < 1.29 is 4.79 Å². The predicted octanol–water partition coefficient (Wildman–Crippen LogP) is 3.92. The van der Waals surface area contributed by atoms with Crippen molar-refractivity contribution in [3.05, 3.63) is 58.7 Å². The van der Waals surface area contributed by atoms with Gasteiger partial charge in [-0.15, -0.1) is 0 Å². The van der Waals surface area contributed by atoms with Gasteiger partial charge in [0.15, 0.2) is 0 Å². The predicted molar refractivity (Wildman–Crippen MR) is 93.5 cm³/mol. The highest BCUT2D eigenvalue weighted by Crippen LogP contribution is 2.22. The average molecular weight is 307 g/mol. The number of nitriles is 1. The van der Waals surface area contributed by atoms with Crippen molar-refractivity contribution in [2.75, 3.05) is 17.2 Å². The maximum atomic E-state index is 12.1. The fraction of sp³-hybridized carbons (Fsp3) is 0.263.